The van der Waals surface area contributed by atoms with E-state index < -0.39 is 11.9 Å². The van der Waals surface area contributed by atoms with E-state index in [1.807, 2.05) is 0 Å². The Morgan fingerprint density at radius 2 is 1.83 bits per heavy atom. The van der Waals surface area contributed by atoms with E-state index in [1.54, 1.807) is 18.2 Å². The number of rotatable bonds is 3. The standard InChI is InChI=1S/C17H11FO4S/c1-8-9(16(19)20)5-6-10(15(8)17(21)22)14-7-11-12(18)3-2-4-13(11)23-14/h2-7H,1H3,(H,19,20)(H,21,22). The fourth-order valence-corrected chi connectivity index (χ4v) is 3.69. The molecule has 0 saturated carbocycles. The molecule has 2 N–H and O–H groups in total. The SMILES string of the molecule is Cc1c(C(=O)O)ccc(-c2cc3c(F)cccc3s2)c1C(=O)O. The third-order valence-electron chi connectivity index (χ3n) is 3.68. The molecule has 0 aliphatic carbocycles. The second-order valence-electron chi connectivity index (χ2n) is 5.03. The first kappa shape index (κ1) is 15.2. The van der Waals surface area contributed by atoms with Gasteiger partial charge in [0.15, 0.2) is 0 Å². The van der Waals surface area contributed by atoms with Crippen molar-refractivity contribution < 1.29 is 24.2 Å². The molecule has 0 aliphatic rings. The topological polar surface area (TPSA) is 74.6 Å². The van der Waals surface area contributed by atoms with Crippen molar-refractivity contribution in [1.29, 1.82) is 0 Å². The molecule has 0 fully saturated rings. The maximum absolute atomic E-state index is 13.8. The molecule has 116 valence electrons. The summed E-state index contributed by atoms with van der Waals surface area (Å²) in [6, 6.07) is 9.12. The summed E-state index contributed by atoms with van der Waals surface area (Å²) in [4.78, 5) is 23.4. The number of fused-ring (bicyclic) bond motifs is 1. The van der Waals surface area contributed by atoms with Crippen molar-refractivity contribution in [3.05, 3.63) is 58.9 Å². The van der Waals surface area contributed by atoms with Gasteiger partial charge >= 0.3 is 11.9 Å². The summed E-state index contributed by atoms with van der Waals surface area (Å²) in [6.45, 7) is 1.46. The summed E-state index contributed by atoms with van der Waals surface area (Å²) < 4.78 is 14.5. The number of benzene rings is 2. The first-order valence-electron chi connectivity index (χ1n) is 6.68. The zero-order chi connectivity index (χ0) is 16.7. The lowest BCUT2D eigenvalue weighted by Gasteiger charge is -2.10. The van der Waals surface area contributed by atoms with Crippen LogP contribution in [-0.4, -0.2) is 22.2 Å². The van der Waals surface area contributed by atoms with Gasteiger partial charge in [-0.2, -0.15) is 0 Å². The van der Waals surface area contributed by atoms with Gasteiger partial charge in [0.05, 0.1) is 11.1 Å². The highest BCUT2D eigenvalue weighted by Crippen LogP contribution is 2.37. The van der Waals surface area contributed by atoms with E-state index in [4.69, 9.17) is 5.11 Å². The van der Waals surface area contributed by atoms with Crippen LogP contribution in [0.2, 0.25) is 0 Å². The second kappa shape index (κ2) is 5.48. The number of aromatic carboxylic acids is 2. The molecule has 0 bridgehead atoms. The van der Waals surface area contributed by atoms with Crippen LogP contribution in [0.3, 0.4) is 0 Å². The van der Waals surface area contributed by atoms with Crippen molar-refractivity contribution in [2.24, 2.45) is 0 Å². The molecule has 23 heavy (non-hydrogen) atoms. The summed E-state index contributed by atoms with van der Waals surface area (Å²) in [5.41, 5.74) is 0.441. The molecular formula is C17H11FO4S. The number of carbonyl (C=O) groups is 2. The van der Waals surface area contributed by atoms with Crippen LogP contribution >= 0.6 is 11.3 Å². The van der Waals surface area contributed by atoms with Gasteiger partial charge < -0.3 is 10.2 Å². The van der Waals surface area contributed by atoms with Crippen LogP contribution in [0.15, 0.2) is 36.4 Å². The summed E-state index contributed by atoms with van der Waals surface area (Å²) in [6.07, 6.45) is 0. The molecule has 0 saturated heterocycles. The van der Waals surface area contributed by atoms with Gasteiger partial charge in [0.25, 0.3) is 0 Å². The van der Waals surface area contributed by atoms with Gasteiger partial charge in [0, 0.05) is 20.5 Å². The molecular weight excluding hydrogens is 319 g/mol. The molecule has 0 spiro atoms. The van der Waals surface area contributed by atoms with E-state index in [9.17, 15) is 19.1 Å². The average Bonchev–Trinajstić information content (AvgIpc) is 2.91. The minimum atomic E-state index is -1.21. The zero-order valence-electron chi connectivity index (χ0n) is 12.0. The van der Waals surface area contributed by atoms with Crippen LogP contribution in [0.1, 0.15) is 26.3 Å². The van der Waals surface area contributed by atoms with Crippen LogP contribution in [0.5, 0.6) is 0 Å². The highest BCUT2D eigenvalue weighted by molar-refractivity contribution is 7.22. The third-order valence-corrected chi connectivity index (χ3v) is 4.82. The minimum absolute atomic E-state index is 0.0570. The average molecular weight is 330 g/mol. The fraction of sp³-hybridized carbons (Fsp3) is 0.0588. The Morgan fingerprint density at radius 3 is 2.43 bits per heavy atom. The summed E-state index contributed by atoms with van der Waals surface area (Å²) in [5.74, 6) is -2.77. The molecule has 1 heterocycles. The Labute approximate surface area is 134 Å². The molecule has 2 aromatic carbocycles. The zero-order valence-corrected chi connectivity index (χ0v) is 12.8. The van der Waals surface area contributed by atoms with Crippen molar-refractivity contribution in [3.8, 4) is 10.4 Å². The molecule has 0 unspecified atom stereocenters. The van der Waals surface area contributed by atoms with Crippen LogP contribution in [0.4, 0.5) is 4.39 Å². The monoisotopic (exact) mass is 330 g/mol. The smallest absolute Gasteiger partial charge is 0.336 e. The van der Waals surface area contributed by atoms with Crippen LogP contribution < -0.4 is 0 Å². The van der Waals surface area contributed by atoms with Crippen LogP contribution in [0.25, 0.3) is 20.5 Å². The van der Waals surface area contributed by atoms with Gasteiger partial charge in [-0.3, -0.25) is 0 Å². The molecule has 1 aromatic heterocycles. The lowest BCUT2D eigenvalue weighted by atomic mass is 9.96. The Bertz CT molecular complexity index is 959. The Balaban J connectivity index is 2.30. The van der Waals surface area contributed by atoms with E-state index in [-0.39, 0.29) is 22.5 Å². The molecule has 0 amide bonds. The van der Waals surface area contributed by atoms with Gasteiger partial charge in [0.2, 0.25) is 0 Å². The van der Waals surface area contributed by atoms with E-state index in [1.165, 1.54) is 36.5 Å². The van der Waals surface area contributed by atoms with Gasteiger partial charge in [-0.05, 0) is 36.8 Å². The van der Waals surface area contributed by atoms with Gasteiger partial charge in [-0.15, -0.1) is 11.3 Å². The van der Waals surface area contributed by atoms with E-state index >= 15 is 0 Å². The molecule has 3 aromatic rings. The highest BCUT2D eigenvalue weighted by atomic mass is 32.1. The largest absolute Gasteiger partial charge is 0.478 e. The molecule has 0 aliphatic heterocycles. The van der Waals surface area contributed by atoms with Gasteiger partial charge in [-0.1, -0.05) is 12.1 Å². The highest BCUT2D eigenvalue weighted by Gasteiger charge is 2.21. The maximum atomic E-state index is 13.8. The predicted octanol–water partition coefficient (Wildman–Crippen LogP) is 4.41. The predicted molar refractivity (Wildman–Crippen MR) is 85.9 cm³/mol. The van der Waals surface area contributed by atoms with E-state index in [0.29, 0.717) is 20.5 Å². The normalized spacial score (nSPS) is 10.9. The third kappa shape index (κ3) is 2.47. The quantitative estimate of drug-likeness (QED) is 0.746. The van der Waals surface area contributed by atoms with Crippen LogP contribution in [-0.2, 0) is 0 Å². The van der Waals surface area contributed by atoms with Crippen molar-refractivity contribution >= 4 is 33.4 Å². The maximum Gasteiger partial charge on any atom is 0.336 e. The number of carboxylic acid groups (broad SMARTS) is 2. The van der Waals surface area contributed by atoms with Gasteiger partial charge in [-0.25, -0.2) is 14.0 Å². The number of carboxylic acids is 2. The Morgan fingerprint density at radius 1 is 1.09 bits per heavy atom. The molecule has 4 nitrogen and oxygen atoms in total. The van der Waals surface area contributed by atoms with E-state index in [2.05, 4.69) is 0 Å². The number of hydrogen-bond donors (Lipinski definition) is 2. The van der Waals surface area contributed by atoms with Crippen molar-refractivity contribution in [2.75, 3.05) is 0 Å². The minimum Gasteiger partial charge on any atom is -0.478 e. The molecule has 3 rings (SSSR count). The van der Waals surface area contributed by atoms with Crippen LogP contribution in [0, 0.1) is 12.7 Å². The molecule has 0 radical (unpaired) electrons. The van der Waals surface area contributed by atoms with Gasteiger partial charge in [0.1, 0.15) is 5.82 Å². The second-order valence-corrected chi connectivity index (χ2v) is 6.12. The number of hydrogen-bond acceptors (Lipinski definition) is 3. The first-order valence-corrected chi connectivity index (χ1v) is 7.50. The van der Waals surface area contributed by atoms with Crippen molar-refractivity contribution in [2.45, 2.75) is 6.92 Å². The fourth-order valence-electron chi connectivity index (χ4n) is 2.58. The molecule has 0 atom stereocenters. The Hall–Kier alpha value is -2.73. The lowest BCUT2D eigenvalue weighted by Crippen LogP contribution is -2.08. The number of halogens is 1. The lowest BCUT2D eigenvalue weighted by molar-refractivity contribution is 0.0696. The summed E-state index contributed by atoms with van der Waals surface area (Å²) >= 11 is 1.27. The molecule has 6 heteroatoms. The van der Waals surface area contributed by atoms with E-state index in [0.717, 1.165) is 0 Å². The summed E-state index contributed by atoms with van der Waals surface area (Å²) in [5, 5.41) is 19.0. The Kier molecular flexibility index (Phi) is 3.61. The first-order chi connectivity index (χ1) is 10.9. The van der Waals surface area contributed by atoms with Crippen molar-refractivity contribution in [1.82, 2.24) is 0 Å². The number of thiophene rings is 1. The summed E-state index contributed by atoms with van der Waals surface area (Å²) in [7, 11) is 0. The van der Waals surface area contributed by atoms with Crippen molar-refractivity contribution in [3.63, 3.8) is 0 Å².